The van der Waals surface area contributed by atoms with Gasteiger partial charge in [0.2, 0.25) is 0 Å². The van der Waals surface area contributed by atoms with Gasteiger partial charge in [-0.15, -0.1) is 0 Å². The number of carbonyl (C=O) groups excluding carboxylic acids is 1. The third kappa shape index (κ3) is 3.84. The van der Waals surface area contributed by atoms with Crippen molar-refractivity contribution >= 4 is 11.6 Å². The molecule has 0 fully saturated rings. The van der Waals surface area contributed by atoms with Gasteiger partial charge in [0.05, 0.1) is 6.20 Å². The average Bonchev–Trinajstić information content (AvgIpc) is 2.76. The summed E-state index contributed by atoms with van der Waals surface area (Å²) in [5, 5.41) is 10.4. The molecular formula is C16H22N4O. The Bertz CT molecular complexity index is 631. The van der Waals surface area contributed by atoms with Crippen molar-refractivity contribution in [2.24, 2.45) is 7.05 Å². The SMILES string of the molecule is Cc1c(CNc2cccc(C(=O)NC(C)C)c2)cnn1C. The van der Waals surface area contributed by atoms with Crippen molar-refractivity contribution in [3.63, 3.8) is 0 Å². The van der Waals surface area contributed by atoms with Gasteiger partial charge in [0.15, 0.2) is 0 Å². The minimum absolute atomic E-state index is 0.0498. The molecule has 5 heteroatoms. The zero-order valence-electron chi connectivity index (χ0n) is 13.0. The summed E-state index contributed by atoms with van der Waals surface area (Å²) in [5.74, 6) is -0.0498. The Balaban J connectivity index is 2.04. The molecule has 0 radical (unpaired) electrons. The number of amides is 1. The van der Waals surface area contributed by atoms with E-state index in [1.165, 1.54) is 0 Å². The highest BCUT2D eigenvalue weighted by atomic mass is 16.1. The first kappa shape index (κ1) is 15.1. The Morgan fingerprint density at radius 2 is 2.14 bits per heavy atom. The molecule has 0 aliphatic rings. The van der Waals surface area contributed by atoms with Crippen molar-refractivity contribution in [1.29, 1.82) is 0 Å². The lowest BCUT2D eigenvalue weighted by molar-refractivity contribution is 0.0943. The van der Waals surface area contributed by atoms with Crippen molar-refractivity contribution in [1.82, 2.24) is 15.1 Å². The van der Waals surface area contributed by atoms with Crippen LogP contribution in [0.1, 0.15) is 35.5 Å². The highest BCUT2D eigenvalue weighted by Crippen LogP contribution is 2.14. The molecule has 21 heavy (non-hydrogen) atoms. The largest absolute Gasteiger partial charge is 0.381 e. The van der Waals surface area contributed by atoms with Crippen molar-refractivity contribution in [3.8, 4) is 0 Å². The first-order valence-corrected chi connectivity index (χ1v) is 7.09. The fourth-order valence-electron chi connectivity index (χ4n) is 2.03. The Morgan fingerprint density at radius 3 is 2.76 bits per heavy atom. The predicted molar refractivity (Wildman–Crippen MR) is 84.3 cm³/mol. The Labute approximate surface area is 125 Å². The number of hydrogen-bond donors (Lipinski definition) is 2. The number of nitrogens with zero attached hydrogens (tertiary/aromatic N) is 2. The normalized spacial score (nSPS) is 10.7. The van der Waals surface area contributed by atoms with Crippen LogP contribution in [0.4, 0.5) is 5.69 Å². The smallest absolute Gasteiger partial charge is 0.251 e. The van der Waals surface area contributed by atoms with Crippen LogP contribution < -0.4 is 10.6 Å². The van der Waals surface area contributed by atoms with E-state index >= 15 is 0 Å². The fraction of sp³-hybridized carbons (Fsp3) is 0.375. The molecule has 0 unspecified atom stereocenters. The molecule has 5 nitrogen and oxygen atoms in total. The van der Waals surface area contributed by atoms with Crippen LogP contribution in [-0.2, 0) is 13.6 Å². The Morgan fingerprint density at radius 1 is 1.38 bits per heavy atom. The maximum absolute atomic E-state index is 12.0. The second-order valence-corrected chi connectivity index (χ2v) is 5.44. The average molecular weight is 286 g/mol. The number of nitrogens with one attached hydrogen (secondary N) is 2. The number of rotatable bonds is 5. The molecule has 1 aromatic carbocycles. The lowest BCUT2D eigenvalue weighted by atomic mass is 10.1. The molecule has 0 spiro atoms. The molecule has 0 aliphatic heterocycles. The summed E-state index contributed by atoms with van der Waals surface area (Å²) in [6.45, 7) is 6.63. The summed E-state index contributed by atoms with van der Waals surface area (Å²) in [5.41, 5.74) is 3.87. The minimum atomic E-state index is -0.0498. The third-order valence-electron chi connectivity index (χ3n) is 3.36. The number of aromatic nitrogens is 2. The highest BCUT2D eigenvalue weighted by Gasteiger charge is 2.08. The van der Waals surface area contributed by atoms with E-state index in [0.717, 1.165) is 16.9 Å². The van der Waals surface area contributed by atoms with Crippen molar-refractivity contribution in [3.05, 3.63) is 47.3 Å². The lowest BCUT2D eigenvalue weighted by Gasteiger charge is -2.10. The van der Waals surface area contributed by atoms with Gasteiger partial charge in [0.1, 0.15) is 0 Å². The van der Waals surface area contributed by atoms with Gasteiger partial charge < -0.3 is 10.6 Å². The molecule has 1 amide bonds. The van der Waals surface area contributed by atoms with Crippen LogP contribution in [0.25, 0.3) is 0 Å². The molecular weight excluding hydrogens is 264 g/mol. The monoisotopic (exact) mass is 286 g/mol. The van der Waals surface area contributed by atoms with E-state index < -0.39 is 0 Å². The van der Waals surface area contributed by atoms with Crippen molar-refractivity contribution < 1.29 is 4.79 Å². The first-order valence-electron chi connectivity index (χ1n) is 7.09. The van der Waals surface area contributed by atoms with E-state index in [4.69, 9.17) is 0 Å². The topological polar surface area (TPSA) is 59.0 Å². The molecule has 1 heterocycles. The maximum atomic E-state index is 12.0. The van der Waals surface area contributed by atoms with Crippen LogP contribution in [0, 0.1) is 6.92 Å². The molecule has 1 aromatic heterocycles. The molecule has 0 aliphatic carbocycles. The number of anilines is 1. The van der Waals surface area contributed by atoms with Crippen LogP contribution in [0.15, 0.2) is 30.5 Å². The number of benzene rings is 1. The highest BCUT2D eigenvalue weighted by molar-refractivity contribution is 5.95. The van der Waals surface area contributed by atoms with Gasteiger partial charge in [-0.05, 0) is 39.0 Å². The summed E-state index contributed by atoms with van der Waals surface area (Å²) in [6, 6.07) is 7.65. The van der Waals surface area contributed by atoms with Crippen molar-refractivity contribution in [2.45, 2.75) is 33.4 Å². The molecule has 0 saturated heterocycles. The van der Waals surface area contributed by atoms with Crippen LogP contribution in [0.3, 0.4) is 0 Å². The summed E-state index contributed by atoms with van der Waals surface area (Å²) in [4.78, 5) is 12.0. The van der Waals surface area contributed by atoms with Gasteiger partial charge in [0, 0.05) is 42.1 Å². The quantitative estimate of drug-likeness (QED) is 0.887. The number of hydrogen-bond acceptors (Lipinski definition) is 3. The fourth-order valence-corrected chi connectivity index (χ4v) is 2.03. The van der Waals surface area contributed by atoms with Gasteiger partial charge in [-0.3, -0.25) is 9.48 Å². The van der Waals surface area contributed by atoms with E-state index in [1.54, 1.807) is 0 Å². The molecule has 112 valence electrons. The van der Waals surface area contributed by atoms with Gasteiger partial charge >= 0.3 is 0 Å². The zero-order chi connectivity index (χ0) is 15.4. The van der Waals surface area contributed by atoms with Crippen LogP contribution >= 0.6 is 0 Å². The van der Waals surface area contributed by atoms with Crippen molar-refractivity contribution in [2.75, 3.05) is 5.32 Å². The second-order valence-electron chi connectivity index (χ2n) is 5.44. The third-order valence-corrected chi connectivity index (χ3v) is 3.36. The Kier molecular flexibility index (Phi) is 4.62. The molecule has 0 atom stereocenters. The van der Waals surface area contributed by atoms with Gasteiger partial charge in [0.25, 0.3) is 5.91 Å². The summed E-state index contributed by atoms with van der Waals surface area (Å²) >= 11 is 0. The minimum Gasteiger partial charge on any atom is -0.381 e. The van der Waals surface area contributed by atoms with E-state index in [0.29, 0.717) is 12.1 Å². The number of carbonyl (C=O) groups is 1. The van der Waals surface area contributed by atoms with E-state index in [2.05, 4.69) is 15.7 Å². The van der Waals surface area contributed by atoms with Crippen LogP contribution in [-0.4, -0.2) is 21.7 Å². The predicted octanol–water partition coefficient (Wildman–Crippen LogP) is 2.48. The summed E-state index contributed by atoms with van der Waals surface area (Å²) in [7, 11) is 1.93. The van der Waals surface area contributed by atoms with Crippen LogP contribution in [0.2, 0.25) is 0 Å². The zero-order valence-corrected chi connectivity index (χ0v) is 13.0. The molecule has 0 saturated carbocycles. The van der Waals surface area contributed by atoms with E-state index in [1.807, 2.05) is 63.0 Å². The first-order chi connectivity index (χ1) is 9.97. The van der Waals surface area contributed by atoms with E-state index in [-0.39, 0.29) is 11.9 Å². The summed E-state index contributed by atoms with van der Waals surface area (Å²) < 4.78 is 1.85. The molecule has 2 aromatic rings. The lowest BCUT2D eigenvalue weighted by Crippen LogP contribution is -2.30. The van der Waals surface area contributed by atoms with Gasteiger partial charge in [-0.1, -0.05) is 6.07 Å². The van der Waals surface area contributed by atoms with E-state index in [9.17, 15) is 4.79 Å². The summed E-state index contributed by atoms with van der Waals surface area (Å²) in [6.07, 6.45) is 1.86. The molecule has 2 rings (SSSR count). The number of aryl methyl sites for hydroxylation is 1. The molecule has 0 bridgehead atoms. The maximum Gasteiger partial charge on any atom is 0.251 e. The standard InChI is InChI=1S/C16H22N4O/c1-11(2)19-16(21)13-6-5-7-15(8-13)17-9-14-10-18-20(4)12(14)3/h5-8,10-11,17H,9H2,1-4H3,(H,19,21). The second kappa shape index (κ2) is 6.43. The van der Waals surface area contributed by atoms with Crippen LogP contribution in [0.5, 0.6) is 0 Å². The Hall–Kier alpha value is -2.30. The van der Waals surface area contributed by atoms with Gasteiger partial charge in [-0.2, -0.15) is 5.10 Å². The molecule has 2 N–H and O–H groups in total. The van der Waals surface area contributed by atoms with Gasteiger partial charge in [-0.25, -0.2) is 0 Å².